The second-order valence-corrected chi connectivity index (χ2v) is 7.77. The molecule has 128 valence electrons. The van der Waals surface area contributed by atoms with Gasteiger partial charge in [-0.15, -0.1) is 0 Å². The Bertz CT molecular complexity index is 797. The Kier molecular flexibility index (Phi) is 4.46. The van der Waals surface area contributed by atoms with Crippen LogP contribution in [0.25, 0.3) is 0 Å². The average Bonchev–Trinajstić information content (AvgIpc) is 2.85. The number of halogens is 1. The molecule has 2 aliphatic heterocycles. The fourth-order valence-electron chi connectivity index (χ4n) is 2.93. The lowest BCUT2D eigenvalue weighted by atomic mass is 9.90. The summed E-state index contributed by atoms with van der Waals surface area (Å²) in [4.78, 5) is 25.8. The Morgan fingerprint density at radius 3 is 2.33 bits per heavy atom. The van der Waals surface area contributed by atoms with Gasteiger partial charge in [0.05, 0.1) is 0 Å². The molecule has 0 atom stereocenters. The van der Waals surface area contributed by atoms with E-state index in [1.165, 1.54) is 16.4 Å². The smallest absolute Gasteiger partial charge is 0.271 e. The van der Waals surface area contributed by atoms with Gasteiger partial charge in [0.2, 0.25) is 10.0 Å². The second-order valence-electron chi connectivity index (χ2n) is 5.80. The van der Waals surface area contributed by atoms with Gasteiger partial charge in [0, 0.05) is 13.1 Å². The van der Waals surface area contributed by atoms with Crippen LogP contribution in [0.1, 0.15) is 24.3 Å². The van der Waals surface area contributed by atoms with Crippen molar-refractivity contribution in [3.05, 3.63) is 35.6 Å². The fourth-order valence-corrected chi connectivity index (χ4v) is 4.43. The molecule has 0 spiro atoms. The molecule has 1 aromatic carbocycles. The molecule has 3 amide bonds. The minimum absolute atomic E-state index is 0.172. The highest BCUT2D eigenvalue weighted by atomic mass is 32.2. The third-order valence-corrected chi connectivity index (χ3v) is 6.02. The molecular formula is C15H16FN3O4S. The van der Waals surface area contributed by atoms with Crippen LogP contribution < -0.4 is 5.32 Å². The molecule has 0 aromatic heterocycles. The summed E-state index contributed by atoms with van der Waals surface area (Å²) in [6.45, 7) is 0.625. The van der Waals surface area contributed by atoms with Gasteiger partial charge >= 0.3 is 6.03 Å². The van der Waals surface area contributed by atoms with Crippen molar-refractivity contribution >= 4 is 27.7 Å². The Balaban J connectivity index is 1.63. The molecule has 0 radical (unpaired) electrons. The minimum Gasteiger partial charge on any atom is -0.271 e. The van der Waals surface area contributed by atoms with Crippen LogP contribution in [0, 0.1) is 5.82 Å². The van der Waals surface area contributed by atoms with Crippen molar-refractivity contribution in [1.82, 2.24) is 9.62 Å². The lowest BCUT2D eigenvalue weighted by Gasteiger charge is -2.31. The van der Waals surface area contributed by atoms with E-state index < -0.39 is 27.7 Å². The molecule has 0 unspecified atom stereocenters. The van der Waals surface area contributed by atoms with Crippen molar-refractivity contribution in [2.24, 2.45) is 4.99 Å². The quantitative estimate of drug-likeness (QED) is 0.874. The molecule has 2 heterocycles. The maximum Gasteiger partial charge on any atom is 0.348 e. The number of urea groups is 1. The van der Waals surface area contributed by atoms with E-state index in [0.29, 0.717) is 25.9 Å². The summed E-state index contributed by atoms with van der Waals surface area (Å²) in [5.74, 6) is -1.47. The van der Waals surface area contributed by atoms with Gasteiger partial charge in [0.1, 0.15) is 17.3 Å². The van der Waals surface area contributed by atoms with Crippen LogP contribution in [-0.4, -0.2) is 49.2 Å². The summed E-state index contributed by atoms with van der Waals surface area (Å²) in [5, 5.41) is 1.93. The lowest BCUT2D eigenvalue weighted by Crippen LogP contribution is -2.42. The van der Waals surface area contributed by atoms with Gasteiger partial charge in [0.15, 0.2) is 0 Å². The molecule has 1 N–H and O–H groups in total. The van der Waals surface area contributed by atoms with Crippen LogP contribution in [-0.2, 0) is 14.8 Å². The van der Waals surface area contributed by atoms with E-state index >= 15 is 0 Å². The second kappa shape index (κ2) is 6.40. The number of benzene rings is 1. The van der Waals surface area contributed by atoms with Crippen LogP contribution in [0.15, 0.2) is 29.3 Å². The summed E-state index contributed by atoms with van der Waals surface area (Å²) in [6.07, 6.45) is 1.23. The molecule has 7 nitrogen and oxygen atoms in total. The van der Waals surface area contributed by atoms with Crippen LogP contribution in [0.4, 0.5) is 9.18 Å². The average molecular weight is 353 g/mol. The first-order valence-corrected chi connectivity index (χ1v) is 9.12. The maximum atomic E-state index is 13.0. The van der Waals surface area contributed by atoms with Gasteiger partial charge in [-0.1, -0.05) is 12.1 Å². The highest BCUT2D eigenvalue weighted by molar-refractivity contribution is 7.90. The number of sulfonamides is 1. The molecule has 0 bridgehead atoms. The van der Waals surface area contributed by atoms with Gasteiger partial charge < -0.3 is 0 Å². The molecule has 2 aliphatic rings. The van der Waals surface area contributed by atoms with Crippen molar-refractivity contribution < 1.29 is 22.4 Å². The van der Waals surface area contributed by atoms with Crippen molar-refractivity contribution in [1.29, 1.82) is 0 Å². The highest BCUT2D eigenvalue weighted by Crippen LogP contribution is 2.29. The zero-order chi connectivity index (χ0) is 17.3. The number of carbonyl (C=O) groups excluding carboxylic acids is 2. The molecule has 3 rings (SSSR count). The number of imide groups is 1. The van der Waals surface area contributed by atoms with Gasteiger partial charge in [-0.25, -0.2) is 21.9 Å². The zero-order valence-corrected chi connectivity index (χ0v) is 13.6. The van der Waals surface area contributed by atoms with Gasteiger partial charge in [-0.3, -0.25) is 10.1 Å². The molecule has 0 saturated carbocycles. The minimum atomic E-state index is -3.71. The summed E-state index contributed by atoms with van der Waals surface area (Å²) in [6, 6.07) is 5.39. The molecule has 1 aromatic rings. The number of carbonyl (C=O) groups is 2. The summed E-state index contributed by atoms with van der Waals surface area (Å²) in [7, 11) is -3.71. The van der Waals surface area contributed by atoms with Gasteiger partial charge in [-0.2, -0.15) is 4.99 Å². The molecule has 1 fully saturated rings. The lowest BCUT2D eigenvalue weighted by molar-refractivity contribution is -0.113. The van der Waals surface area contributed by atoms with Crippen LogP contribution in [0.2, 0.25) is 0 Å². The number of nitrogens with zero attached hydrogens (tertiary/aromatic N) is 2. The van der Waals surface area contributed by atoms with E-state index in [0.717, 1.165) is 5.56 Å². The van der Waals surface area contributed by atoms with Crippen molar-refractivity contribution in [3.8, 4) is 0 Å². The standard InChI is InChI=1S/C15H16FN3O4S/c16-12-3-1-10(2-4-12)11-5-7-19(8-6-11)24(22,23)9-13-14(20)18-15(21)17-13/h1-4,11H,5-9H2,(H,18,20,21). The monoisotopic (exact) mass is 353 g/mol. The number of piperidine rings is 1. The molecular weight excluding hydrogens is 337 g/mol. The summed E-state index contributed by atoms with van der Waals surface area (Å²) >= 11 is 0. The van der Waals surface area contributed by atoms with E-state index in [-0.39, 0.29) is 17.4 Å². The number of hydrogen-bond donors (Lipinski definition) is 1. The Morgan fingerprint density at radius 1 is 1.17 bits per heavy atom. The molecule has 0 aliphatic carbocycles. The first-order valence-electron chi connectivity index (χ1n) is 7.51. The first-order chi connectivity index (χ1) is 11.3. The van der Waals surface area contributed by atoms with E-state index in [1.807, 2.05) is 5.32 Å². The molecule has 1 saturated heterocycles. The van der Waals surface area contributed by atoms with Crippen molar-refractivity contribution in [2.45, 2.75) is 18.8 Å². The van der Waals surface area contributed by atoms with Crippen LogP contribution in [0.3, 0.4) is 0 Å². The van der Waals surface area contributed by atoms with Crippen molar-refractivity contribution in [2.75, 3.05) is 18.8 Å². The third-order valence-electron chi connectivity index (χ3n) is 4.23. The van der Waals surface area contributed by atoms with E-state index in [9.17, 15) is 22.4 Å². The largest absolute Gasteiger partial charge is 0.348 e. The van der Waals surface area contributed by atoms with Crippen molar-refractivity contribution in [3.63, 3.8) is 0 Å². The summed E-state index contributed by atoms with van der Waals surface area (Å²) < 4.78 is 39.1. The SMILES string of the molecule is O=C1N=C(CS(=O)(=O)N2CCC(c3ccc(F)cc3)CC2)C(=O)N1. The highest BCUT2D eigenvalue weighted by Gasteiger charge is 2.33. The Labute approximate surface area is 138 Å². The van der Waals surface area contributed by atoms with E-state index in [1.54, 1.807) is 12.1 Å². The zero-order valence-electron chi connectivity index (χ0n) is 12.7. The first kappa shape index (κ1) is 16.7. The Morgan fingerprint density at radius 2 is 1.79 bits per heavy atom. The molecule has 9 heteroatoms. The Hall–Kier alpha value is -2.13. The summed E-state index contributed by atoms with van der Waals surface area (Å²) in [5.41, 5.74) is 0.708. The predicted octanol–water partition coefficient (Wildman–Crippen LogP) is 1.03. The van der Waals surface area contributed by atoms with Gasteiger partial charge in [0.25, 0.3) is 5.91 Å². The molecule has 24 heavy (non-hydrogen) atoms. The fraction of sp³-hybridized carbons (Fsp3) is 0.400. The van der Waals surface area contributed by atoms with E-state index in [4.69, 9.17) is 0 Å². The number of nitrogens with one attached hydrogen (secondary N) is 1. The third kappa shape index (κ3) is 3.51. The number of amides is 3. The van der Waals surface area contributed by atoms with E-state index in [2.05, 4.69) is 4.99 Å². The predicted molar refractivity (Wildman–Crippen MR) is 84.7 cm³/mol. The van der Waals surface area contributed by atoms with Gasteiger partial charge in [-0.05, 0) is 36.5 Å². The van der Waals surface area contributed by atoms with Crippen LogP contribution in [0.5, 0.6) is 0 Å². The topological polar surface area (TPSA) is 95.9 Å². The van der Waals surface area contributed by atoms with Crippen LogP contribution >= 0.6 is 0 Å². The maximum absolute atomic E-state index is 13.0. The number of hydrogen-bond acceptors (Lipinski definition) is 4. The normalized spacial score (nSPS) is 20.1. The number of rotatable bonds is 4. The number of aliphatic imine (C=N–C) groups is 1.